The number of anilines is 1. The predicted molar refractivity (Wildman–Crippen MR) is 76.7 cm³/mol. The molecule has 0 saturated carbocycles. The van der Waals surface area contributed by atoms with E-state index in [-0.39, 0.29) is 13.2 Å². The second kappa shape index (κ2) is 7.49. The van der Waals surface area contributed by atoms with E-state index in [1.165, 1.54) is 0 Å². The molecule has 0 amide bonds. The standard InChI is InChI=1S/C14H20N4O2/c1-12(5-8-18-7-2-6-16-18)17-13-3-4-14(15-11-13)20-10-9-19/h2-4,6-7,11-12,17,19H,5,8-10H2,1H3. The van der Waals surface area contributed by atoms with Gasteiger partial charge in [0, 0.05) is 31.0 Å². The average Bonchev–Trinajstić information content (AvgIpc) is 2.98. The maximum Gasteiger partial charge on any atom is 0.213 e. The summed E-state index contributed by atoms with van der Waals surface area (Å²) in [7, 11) is 0. The molecule has 1 atom stereocenters. The van der Waals surface area contributed by atoms with Crippen LogP contribution in [0.3, 0.4) is 0 Å². The molecule has 0 aliphatic rings. The number of hydrogen-bond acceptors (Lipinski definition) is 5. The van der Waals surface area contributed by atoms with Crippen LogP contribution in [0.1, 0.15) is 13.3 Å². The molecule has 0 fully saturated rings. The maximum atomic E-state index is 8.67. The number of ether oxygens (including phenoxy) is 1. The Morgan fingerprint density at radius 3 is 3.00 bits per heavy atom. The lowest BCUT2D eigenvalue weighted by Crippen LogP contribution is -2.18. The largest absolute Gasteiger partial charge is 0.475 e. The van der Waals surface area contributed by atoms with E-state index in [2.05, 4.69) is 22.3 Å². The minimum absolute atomic E-state index is 0.00779. The molecule has 2 aromatic rings. The molecule has 0 radical (unpaired) electrons. The number of rotatable bonds is 8. The highest BCUT2D eigenvalue weighted by Gasteiger charge is 2.03. The highest BCUT2D eigenvalue weighted by molar-refractivity contribution is 5.42. The Balaban J connectivity index is 1.77. The minimum atomic E-state index is -0.00779. The summed E-state index contributed by atoms with van der Waals surface area (Å²) in [5.74, 6) is 0.522. The molecule has 2 aromatic heterocycles. The SMILES string of the molecule is CC(CCn1cccn1)Nc1ccc(OCCO)nc1. The van der Waals surface area contributed by atoms with Gasteiger partial charge >= 0.3 is 0 Å². The number of aliphatic hydroxyl groups is 1. The molecule has 20 heavy (non-hydrogen) atoms. The molecule has 0 bridgehead atoms. The van der Waals surface area contributed by atoms with Crippen molar-refractivity contribution in [2.75, 3.05) is 18.5 Å². The van der Waals surface area contributed by atoms with Gasteiger partial charge in [0.15, 0.2) is 0 Å². The number of aliphatic hydroxyl groups excluding tert-OH is 1. The molecule has 2 heterocycles. The summed E-state index contributed by atoms with van der Waals surface area (Å²) in [5, 5.41) is 16.2. The Bertz CT molecular complexity index is 484. The van der Waals surface area contributed by atoms with Crippen molar-refractivity contribution in [1.82, 2.24) is 14.8 Å². The van der Waals surface area contributed by atoms with Gasteiger partial charge in [-0.25, -0.2) is 4.98 Å². The maximum absolute atomic E-state index is 8.67. The van der Waals surface area contributed by atoms with Crippen LogP contribution in [0.5, 0.6) is 5.88 Å². The van der Waals surface area contributed by atoms with Gasteiger partial charge in [-0.1, -0.05) is 0 Å². The highest BCUT2D eigenvalue weighted by Crippen LogP contribution is 2.13. The Labute approximate surface area is 118 Å². The highest BCUT2D eigenvalue weighted by atomic mass is 16.5. The van der Waals surface area contributed by atoms with Crippen LogP contribution >= 0.6 is 0 Å². The van der Waals surface area contributed by atoms with E-state index in [9.17, 15) is 0 Å². The predicted octanol–water partition coefficient (Wildman–Crippen LogP) is 1.54. The lowest BCUT2D eigenvalue weighted by Gasteiger charge is -2.15. The molecule has 2 rings (SSSR count). The van der Waals surface area contributed by atoms with Crippen LogP contribution in [-0.2, 0) is 6.54 Å². The van der Waals surface area contributed by atoms with E-state index in [4.69, 9.17) is 9.84 Å². The molecule has 108 valence electrons. The van der Waals surface area contributed by atoms with Gasteiger partial charge in [0.2, 0.25) is 5.88 Å². The minimum Gasteiger partial charge on any atom is -0.475 e. The molecule has 0 aliphatic heterocycles. The van der Waals surface area contributed by atoms with Gasteiger partial charge in [-0.15, -0.1) is 0 Å². The van der Waals surface area contributed by atoms with Crippen LogP contribution in [0.4, 0.5) is 5.69 Å². The van der Waals surface area contributed by atoms with Gasteiger partial charge in [-0.05, 0) is 25.5 Å². The molecule has 6 nitrogen and oxygen atoms in total. The van der Waals surface area contributed by atoms with Crippen LogP contribution in [0.2, 0.25) is 0 Å². The summed E-state index contributed by atoms with van der Waals surface area (Å²) in [4.78, 5) is 4.17. The summed E-state index contributed by atoms with van der Waals surface area (Å²) in [6.07, 6.45) is 6.45. The zero-order valence-electron chi connectivity index (χ0n) is 11.6. The fourth-order valence-corrected chi connectivity index (χ4v) is 1.82. The molecular weight excluding hydrogens is 256 g/mol. The van der Waals surface area contributed by atoms with Crippen LogP contribution in [0, 0.1) is 0 Å². The van der Waals surface area contributed by atoms with Crippen molar-refractivity contribution in [3.63, 3.8) is 0 Å². The number of nitrogens with zero attached hydrogens (tertiary/aromatic N) is 3. The third kappa shape index (κ3) is 4.55. The lowest BCUT2D eigenvalue weighted by atomic mass is 10.2. The van der Waals surface area contributed by atoms with Crippen LogP contribution in [0.25, 0.3) is 0 Å². The van der Waals surface area contributed by atoms with Crippen LogP contribution in [0.15, 0.2) is 36.8 Å². The molecule has 0 aromatic carbocycles. The van der Waals surface area contributed by atoms with E-state index in [0.717, 1.165) is 18.7 Å². The number of hydrogen-bond donors (Lipinski definition) is 2. The molecule has 0 saturated heterocycles. The van der Waals surface area contributed by atoms with Crippen molar-refractivity contribution >= 4 is 5.69 Å². The smallest absolute Gasteiger partial charge is 0.213 e. The van der Waals surface area contributed by atoms with Gasteiger partial charge in [-0.3, -0.25) is 4.68 Å². The monoisotopic (exact) mass is 276 g/mol. The quantitative estimate of drug-likeness (QED) is 0.765. The van der Waals surface area contributed by atoms with Gasteiger partial charge < -0.3 is 15.2 Å². The van der Waals surface area contributed by atoms with Gasteiger partial charge in [0.25, 0.3) is 0 Å². The van der Waals surface area contributed by atoms with Gasteiger partial charge in [0.05, 0.1) is 18.5 Å². The summed E-state index contributed by atoms with van der Waals surface area (Å²) in [6, 6.07) is 5.96. The van der Waals surface area contributed by atoms with E-state index in [0.29, 0.717) is 11.9 Å². The second-order valence-electron chi connectivity index (χ2n) is 4.56. The van der Waals surface area contributed by atoms with Crippen molar-refractivity contribution in [2.45, 2.75) is 25.9 Å². The fraction of sp³-hybridized carbons (Fsp3) is 0.429. The first kappa shape index (κ1) is 14.3. The Kier molecular flexibility index (Phi) is 5.37. The number of aromatic nitrogens is 3. The van der Waals surface area contributed by atoms with E-state index in [1.807, 2.05) is 23.0 Å². The topological polar surface area (TPSA) is 72.2 Å². The molecular formula is C14H20N4O2. The summed E-state index contributed by atoms with van der Waals surface area (Å²) in [5.41, 5.74) is 0.953. The van der Waals surface area contributed by atoms with Crippen LogP contribution < -0.4 is 10.1 Å². The molecule has 2 N–H and O–H groups in total. The van der Waals surface area contributed by atoms with Crippen molar-refractivity contribution in [1.29, 1.82) is 0 Å². The normalized spacial score (nSPS) is 12.1. The average molecular weight is 276 g/mol. The lowest BCUT2D eigenvalue weighted by molar-refractivity contribution is 0.196. The zero-order chi connectivity index (χ0) is 14.2. The fourth-order valence-electron chi connectivity index (χ4n) is 1.82. The van der Waals surface area contributed by atoms with Crippen molar-refractivity contribution in [3.05, 3.63) is 36.8 Å². The van der Waals surface area contributed by atoms with Crippen molar-refractivity contribution in [3.8, 4) is 5.88 Å². The summed E-state index contributed by atoms with van der Waals surface area (Å²) < 4.78 is 7.13. The zero-order valence-corrected chi connectivity index (χ0v) is 11.6. The van der Waals surface area contributed by atoms with Crippen molar-refractivity contribution in [2.24, 2.45) is 0 Å². The first-order valence-electron chi connectivity index (χ1n) is 6.71. The first-order valence-corrected chi connectivity index (χ1v) is 6.71. The third-order valence-corrected chi connectivity index (χ3v) is 2.84. The molecule has 0 aliphatic carbocycles. The summed E-state index contributed by atoms with van der Waals surface area (Å²) in [6.45, 7) is 3.26. The van der Waals surface area contributed by atoms with Crippen LogP contribution in [-0.4, -0.2) is 39.1 Å². The first-order chi connectivity index (χ1) is 9.78. The second-order valence-corrected chi connectivity index (χ2v) is 4.56. The summed E-state index contributed by atoms with van der Waals surface area (Å²) >= 11 is 0. The molecule has 6 heteroatoms. The Hall–Kier alpha value is -2.08. The van der Waals surface area contributed by atoms with Crippen molar-refractivity contribution < 1.29 is 9.84 Å². The Morgan fingerprint density at radius 2 is 2.35 bits per heavy atom. The number of pyridine rings is 1. The molecule has 0 spiro atoms. The van der Waals surface area contributed by atoms with E-state index < -0.39 is 0 Å². The third-order valence-electron chi connectivity index (χ3n) is 2.84. The Morgan fingerprint density at radius 1 is 1.45 bits per heavy atom. The van der Waals surface area contributed by atoms with Gasteiger partial charge in [-0.2, -0.15) is 5.10 Å². The number of nitrogens with one attached hydrogen (secondary N) is 1. The van der Waals surface area contributed by atoms with E-state index >= 15 is 0 Å². The molecule has 1 unspecified atom stereocenters. The van der Waals surface area contributed by atoms with E-state index in [1.54, 1.807) is 18.5 Å². The van der Waals surface area contributed by atoms with Gasteiger partial charge in [0.1, 0.15) is 6.61 Å². The number of aryl methyl sites for hydroxylation is 1.